The van der Waals surface area contributed by atoms with Crippen molar-refractivity contribution in [2.24, 2.45) is 0 Å². The third kappa shape index (κ3) is 3.04. The van der Waals surface area contributed by atoms with Crippen molar-refractivity contribution < 1.29 is 31.3 Å². The van der Waals surface area contributed by atoms with E-state index in [4.69, 9.17) is 12.6 Å². The van der Waals surface area contributed by atoms with Crippen LogP contribution in [0, 0.1) is 5.54 Å². The minimum atomic E-state index is -1.37. The summed E-state index contributed by atoms with van der Waals surface area (Å²) in [5.74, 6) is -0.0641. The van der Waals surface area contributed by atoms with E-state index in [0.29, 0.717) is 0 Å². The normalized spacial score (nSPS) is 26.3. The predicted octanol–water partition coefficient (Wildman–Crippen LogP) is 1.56. The molecule has 1 saturated carbocycles. The third-order valence-electron chi connectivity index (χ3n) is 2.14. The molecule has 1 rings (SSSR count). The Morgan fingerprint density at radius 3 is 2.21 bits per heavy atom. The van der Waals surface area contributed by atoms with Crippen LogP contribution in [0.25, 0.3) is 0 Å². The van der Waals surface area contributed by atoms with E-state index in [1.165, 1.54) is 12.7 Å². The summed E-state index contributed by atoms with van der Waals surface area (Å²) >= 11 is 0. The van der Waals surface area contributed by atoms with Crippen LogP contribution in [0.5, 0.6) is 0 Å². The number of rotatable bonds is 2. The Kier molecular flexibility index (Phi) is 4.75. The fraction of sp³-hybridized carbons (Fsp3) is 0.750. The van der Waals surface area contributed by atoms with Gasteiger partial charge in [-0.05, 0) is 6.10 Å². The van der Waals surface area contributed by atoms with Crippen LogP contribution in [0.2, 0.25) is 25.5 Å². The largest absolute Gasteiger partial charge is 1.00 e. The monoisotopic (exact) mass is 260 g/mol. The van der Waals surface area contributed by atoms with Crippen molar-refractivity contribution in [3.63, 3.8) is 0 Å². The summed E-state index contributed by atoms with van der Waals surface area (Å²) in [4.78, 5) is 10.8. The SMILES string of the molecule is [B][C@@H]1[C-]([Si](C)(C)C)C1OC(=O)OC.[Cu+]. The van der Waals surface area contributed by atoms with Crippen molar-refractivity contribution in [2.75, 3.05) is 7.11 Å². The van der Waals surface area contributed by atoms with Crippen molar-refractivity contribution in [3.05, 3.63) is 5.54 Å². The van der Waals surface area contributed by atoms with E-state index in [2.05, 4.69) is 24.4 Å². The number of hydrogen-bond acceptors (Lipinski definition) is 3. The molecule has 6 heteroatoms. The fourth-order valence-electron chi connectivity index (χ4n) is 1.47. The summed E-state index contributed by atoms with van der Waals surface area (Å²) in [6, 6.07) is 0. The zero-order chi connectivity index (χ0) is 10.2. The summed E-state index contributed by atoms with van der Waals surface area (Å²) < 4.78 is 9.37. The van der Waals surface area contributed by atoms with Gasteiger partial charge in [-0.2, -0.15) is 5.82 Å². The first-order valence-electron chi connectivity index (χ1n) is 4.25. The average molecular weight is 261 g/mol. The second-order valence-corrected chi connectivity index (χ2v) is 9.30. The summed E-state index contributed by atoms with van der Waals surface area (Å²) in [5.41, 5.74) is 1.21. The smallest absolute Gasteiger partial charge is 0.467 e. The molecule has 1 unspecified atom stereocenters. The van der Waals surface area contributed by atoms with E-state index >= 15 is 0 Å². The molecule has 0 N–H and O–H groups in total. The molecule has 0 bridgehead atoms. The molecule has 3 nitrogen and oxygen atoms in total. The van der Waals surface area contributed by atoms with Crippen molar-refractivity contribution in [3.8, 4) is 0 Å². The van der Waals surface area contributed by atoms with Crippen LogP contribution in [0.4, 0.5) is 4.79 Å². The Morgan fingerprint density at radius 2 is 1.93 bits per heavy atom. The number of carbonyl (C=O) groups is 1. The topological polar surface area (TPSA) is 35.5 Å². The minimum absolute atomic E-state index is 0. The first kappa shape index (κ1) is 14.1. The average Bonchev–Trinajstić information content (AvgIpc) is 2.60. The first-order chi connectivity index (χ1) is 5.88. The molecule has 0 aromatic heterocycles. The minimum Gasteiger partial charge on any atom is -0.467 e. The van der Waals surface area contributed by atoms with Gasteiger partial charge in [0.05, 0.1) is 7.11 Å². The van der Waals surface area contributed by atoms with Crippen molar-refractivity contribution in [1.29, 1.82) is 0 Å². The Balaban J connectivity index is 0.00000169. The summed E-state index contributed by atoms with van der Waals surface area (Å²) in [6.45, 7) is 6.55. The molecule has 1 aliphatic rings. The second kappa shape index (κ2) is 4.73. The van der Waals surface area contributed by atoms with E-state index < -0.39 is 14.2 Å². The standard InChI is InChI=1S/C8H14BO3Si.Cu/c1-11-8(10)12-6-5(9)7(6)13(2,3)4;/h5-6H,1-4H3;/q-1;+1/t5-,6?;/m0./s1. The zero-order valence-electron chi connectivity index (χ0n) is 8.76. The van der Waals surface area contributed by atoms with Gasteiger partial charge in [-0.25, -0.2) is 4.79 Å². The maximum atomic E-state index is 10.8. The van der Waals surface area contributed by atoms with E-state index in [1.54, 1.807) is 0 Å². The molecule has 0 amide bonds. The molecule has 0 aromatic rings. The maximum Gasteiger partial charge on any atom is 1.00 e. The molecule has 0 aromatic carbocycles. The summed E-state index contributed by atoms with van der Waals surface area (Å²) in [7, 11) is 5.69. The van der Waals surface area contributed by atoms with Crippen LogP contribution in [0.3, 0.4) is 0 Å². The summed E-state index contributed by atoms with van der Waals surface area (Å²) in [6.07, 6.45) is -0.840. The van der Waals surface area contributed by atoms with Gasteiger partial charge in [-0.15, -0.1) is 0 Å². The van der Waals surface area contributed by atoms with Crippen LogP contribution in [-0.2, 0) is 26.5 Å². The van der Waals surface area contributed by atoms with Crippen LogP contribution in [0.1, 0.15) is 0 Å². The van der Waals surface area contributed by atoms with Gasteiger partial charge in [0.1, 0.15) is 0 Å². The molecular weight excluding hydrogens is 247 g/mol. The zero-order valence-corrected chi connectivity index (χ0v) is 10.7. The van der Waals surface area contributed by atoms with Crippen molar-refractivity contribution >= 4 is 22.1 Å². The molecule has 2 radical (unpaired) electrons. The molecular formula is C8H14BCuO3Si. The molecule has 2 atom stereocenters. The second-order valence-electron chi connectivity index (χ2n) is 4.22. The molecule has 0 heterocycles. The van der Waals surface area contributed by atoms with Gasteiger partial charge in [-0.1, -0.05) is 27.7 Å². The first-order valence-corrected chi connectivity index (χ1v) is 7.75. The van der Waals surface area contributed by atoms with E-state index in [9.17, 15) is 4.79 Å². The van der Waals surface area contributed by atoms with Gasteiger partial charge in [0.15, 0.2) is 0 Å². The molecule has 1 aliphatic carbocycles. The van der Waals surface area contributed by atoms with Gasteiger partial charge in [-0.3, -0.25) is 5.54 Å². The van der Waals surface area contributed by atoms with Crippen LogP contribution >= 0.6 is 0 Å². The van der Waals surface area contributed by atoms with Crippen LogP contribution < -0.4 is 0 Å². The van der Waals surface area contributed by atoms with Gasteiger partial charge in [0, 0.05) is 7.85 Å². The van der Waals surface area contributed by atoms with Crippen molar-refractivity contribution in [1.82, 2.24) is 0 Å². The fourth-order valence-corrected chi connectivity index (χ4v) is 3.63. The third-order valence-corrected chi connectivity index (χ3v) is 4.49. The number of hydrogen-bond donors (Lipinski definition) is 0. The molecule has 0 saturated heterocycles. The molecule has 82 valence electrons. The molecule has 14 heavy (non-hydrogen) atoms. The molecule has 0 spiro atoms. The Labute approximate surface area is 97.8 Å². The maximum absolute atomic E-state index is 10.8. The van der Waals surface area contributed by atoms with E-state index in [0.717, 1.165) is 0 Å². The summed E-state index contributed by atoms with van der Waals surface area (Å²) in [5, 5.41) is 0. The van der Waals surface area contributed by atoms with Gasteiger partial charge >= 0.3 is 23.2 Å². The van der Waals surface area contributed by atoms with E-state index in [-0.39, 0.29) is 29.0 Å². The molecule has 0 aliphatic heterocycles. The van der Waals surface area contributed by atoms with Crippen LogP contribution in [0.15, 0.2) is 0 Å². The quantitative estimate of drug-likeness (QED) is 0.429. The Hall–Kier alpha value is 0.0713. The van der Waals surface area contributed by atoms with Gasteiger partial charge < -0.3 is 9.47 Å². The predicted molar refractivity (Wildman–Crippen MR) is 53.4 cm³/mol. The van der Waals surface area contributed by atoms with Crippen molar-refractivity contribution in [2.45, 2.75) is 31.6 Å². The molecule has 1 fully saturated rings. The number of ether oxygens (including phenoxy) is 2. The van der Waals surface area contributed by atoms with Gasteiger partial charge in [0.25, 0.3) is 0 Å². The Morgan fingerprint density at radius 1 is 1.43 bits per heavy atom. The Bertz CT molecular complexity index is 219. The number of carbonyl (C=O) groups excluding carboxylic acids is 1. The van der Waals surface area contributed by atoms with Crippen LogP contribution in [-0.4, -0.2) is 35.3 Å². The number of methoxy groups -OCH3 is 1. The van der Waals surface area contributed by atoms with Gasteiger partial charge in [0.2, 0.25) is 0 Å². The van der Waals surface area contributed by atoms with E-state index in [1.807, 2.05) is 0 Å².